The fraction of sp³-hybridized carbons (Fsp3) is 0.333. The molecule has 1 heterocycles. The fourth-order valence-electron chi connectivity index (χ4n) is 1.82. The van der Waals surface area contributed by atoms with Crippen molar-refractivity contribution in [1.29, 1.82) is 0 Å². The molecule has 2 rings (SSSR count). The molecule has 4 nitrogen and oxygen atoms in total. The summed E-state index contributed by atoms with van der Waals surface area (Å²) in [5.41, 5.74) is 0.723. The SMILES string of the molecule is O=C(O)[C@@H]1CSCN1C(=O)Cc1ccc(Cl)c(Cl)c1. The quantitative estimate of drug-likeness (QED) is 0.930. The lowest BCUT2D eigenvalue weighted by Crippen LogP contribution is -2.42. The largest absolute Gasteiger partial charge is 0.480 e. The minimum Gasteiger partial charge on any atom is -0.480 e. The molecular weight excluding hydrogens is 309 g/mol. The van der Waals surface area contributed by atoms with Gasteiger partial charge in [-0.25, -0.2) is 4.79 Å². The number of hydrogen-bond acceptors (Lipinski definition) is 3. The van der Waals surface area contributed by atoms with Crippen LogP contribution in [-0.2, 0) is 16.0 Å². The Bertz CT molecular complexity index is 524. The smallest absolute Gasteiger partial charge is 0.327 e. The van der Waals surface area contributed by atoms with E-state index in [4.69, 9.17) is 28.3 Å². The summed E-state index contributed by atoms with van der Waals surface area (Å²) in [7, 11) is 0. The van der Waals surface area contributed by atoms with Crippen LogP contribution in [0.3, 0.4) is 0 Å². The number of nitrogens with zero attached hydrogens (tertiary/aromatic N) is 1. The maximum absolute atomic E-state index is 12.1. The van der Waals surface area contributed by atoms with Gasteiger partial charge in [0.1, 0.15) is 6.04 Å². The van der Waals surface area contributed by atoms with Gasteiger partial charge in [0, 0.05) is 5.75 Å². The van der Waals surface area contributed by atoms with Crippen molar-refractivity contribution in [2.24, 2.45) is 0 Å². The van der Waals surface area contributed by atoms with E-state index in [0.29, 0.717) is 21.7 Å². The number of halogens is 2. The number of carboxylic acids is 1. The lowest BCUT2D eigenvalue weighted by Gasteiger charge is -2.20. The molecule has 0 spiro atoms. The summed E-state index contributed by atoms with van der Waals surface area (Å²) in [6.07, 6.45) is 0.126. The minimum atomic E-state index is -0.965. The molecule has 1 N–H and O–H groups in total. The molecular formula is C12H11Cl2NO3S. The fourth-order valence-corrected chi connectivity index (χ4v) is 3.31. The predicted octanol–water partition coefficient (Wildman–Crippen LogP) is 2.52. The van der Waals surface area contributed by atoms with Crippen LogP contribution >= 0.6 is 35.0 Å². The molecule has 1 amide bonds. The maximum atomic E-state index is 12.1. The number of amides is 1. The third kappa shape index (κ3) is 3.35. The second-order valence-electron chi connectivity index (χ2n) is 4.14. The molecule has 0 aliphatic carbocycles. The first-order valence-corrected chi connectivity index (χ1v) is 7.44. The number of carbonyl (C=O) groups excluding carboxylic acids is 1. The molecule has 7 heteroatoms. The standard InChI is InChI=1S/C12H11Cl2NO3S/c13-8-2-1-7(3-9(8)14)4-11(16)15-6-19-5-10(15)12(17)18/h1-3,10H,4-6H2,(H,17,18)/t10-/m0/s1. The summed E-state index contributed by atoms with van der Waals surface area (Å²) in [4.78, 5) is 24.5. The lowest BCUT2D eigenvalue weighted by atomic mass is 10.1. The Labute approximate surface area is 124 Å². The molecule has 0 aromatic heterocycles. The van der Waals surface area contributed by atoms with Gasteiger partial charge >= 0.3 is 5.97 Å². The highest BCUT2D eigenvalue weighted by molar-refractivity contribution is 7.99. The molecule has 1 saturated heterocycles. The summed E-state index contributed by atoms with van der Waals surface area (Å²) in [6, 6.07) is 4.23. The first kappa shape index (κ1) is 14.5. The van der Waals surface area contributed by atoms with Crippen molar-refractivity contribution in [3.8, 4) is 0 Å². The lowest BCUT2D eigenvalue weighted by molar-refractivity contribution is -0.147. The Morgan fingerprint density at radius 2 is 2.11 bits per heavy atom. The molecule has 102 valence electrons. The Kier molecular flexibility index (Phi) is 4.60. The van der Waals surface area contributed by atoms with Crippen molar-refractivity contribution < 1.29 is 14.7 Å². The normalized spacial score (nSPS) is 18.6. The summed E-state index contributed by atoms with van der Waals surface area (Å²) < 4.78 is 0. The molecule has 1 aliphatic heterocycles. The number of thioether (sulfide) groups is 1. The molecule has 1 aromatic carbocycles. The average Bonchev–Trinajstić information content (AvgIpc) is 2.83. The number of carboxylic acid groups (broad SMARTS) is 1. The Hall–Kier alpha value is -0.910. The molecule has 0 saturated carbocycles. The van der Waals surface area contributed by atoms with Gasteiger partial charge in [0.25, 0.3) is 0 Å². The molecule has 0 radical (unpaired) electrons. The van der Waals surface area contributed by atoms with E-state index in [0.717, 1.165) is 5.56 Å². The average molecular weight is 320 g/mol. The van der Waals surface area contributed by atoms with Crippen LogP contribution in [0.4, 0.5) is 0 Å². The summed E-state index contributed by atoms with van der Waals surface area (Å²) in [6.45, 7) is 0. The van der Waals surface area contributed by atoms with Gasteiger partial charge in [-0.05, 0) is 17.7 Å². The number of benzene rings is 1. The Morgan fingerprint density at radius 1 is 1.37 bits per heavy atom. The number of carbonyl (C=O) groups is 2. The monoisotopic (exact) mass is 319 g/mol. The highest BCUT2D eigenvalue weighted by Gasteiger charge is 2.34. The van der Waals surface area contributed by atoms with E-state index >= 15 is 0 Å². The van der Waals surface area contributed by atoms with Gasteiger partial charge in [-0.3, -0.25) is 4.79 Å². The van der Waals surface area contributed by atoms with E-state index in [9.17, 15) is 9.59 Å². The van der Waals surface area contributed by atoms with E-state index in [1.54, 1.807) is 18.2 Å². The van der Waals surface area contributed by atoms with E-state index in [1.165, 1.54) is 16.7 Å². The van der Waals surface area contributed by atoms with Crippen LogP contribution in [-0.4, -0.2) is 39.6 Å². The van der Waals surface area contributed by atoms with Crippen molar-refractivity contribution in [2.45, 2.75) is 12.5 Å². The van der Waals surface area contributed by atoms with Crippen LogP contribution in [0.5, 0.6) is 0 Å². The van der Waals surface area contributed by atoms with Crippen molar-refractivity contribution in [2.75, 3.05) is 11.6 Å². The summed E-state index contributed by atoms with van der Waals surface area (Å²) in [5, 5.41) is 9.85. The van der Waals surface area contributed by atoms with Crippen molar-refractivity contribution in [1.82, 2.24) is 4.90 Å². The van der Waals surface area contributed by atoms with E-state index in [2.05, 4.69) is 0 Å². The van der Waals surface area contributed by atoms with Gasteiger partial charge in [0.05, 0.1) is 22.3 Å². The van der Waals surface area contributed by atoms with Crippen LogP contribution in [0, 0.1) is 0 Å². The molecule has 19 heavy (non-hydrogen) atoms. The topological polar surface area (TPSA) is 57.6 Å². The van der Waals surface area contributed by atoms with Gasteiger partial charge in [-0.15, -0.1) is 11.8 Å². The molecule has 0 bridgehead atoms. The van der Waals surface area contributed by atoms with Crippen LogP contribution in [0.1, 0.15) is 5.56 Å². The Balaban J connectivity index is 2.08. The zero-order chi connectivity index (χ0) is 14.0. The van der Waals surface area contributed by atoms with Crippen molar-refractivity contribution >= 4 is 46.8 Å². The molecule has 1 fully saturated rings. The van der Waals surface area contributed by atoms with Gasteiger partial charge in [0.15, 0.2) is 0 Å². The Morgan fingerprint density at radius 3 is 2.74 bits per heavy atom. The van der Waals surface area contributed by atoms with Crippen LogP contribution in [0.2, 0.25) is 10.0 Å². The third-order valence-corrected chi connectivity index (χ3v) is 4.58. The molecule has 0 unspecified atom stereocenters. The maximum Gasteiger partial charge on any atom is 0.327 e. The number of aliphatic carboxylic acids is 1. The zero-order valence-corrected chi connectivity index (χ0v) is 12.1. The second-order valence-corrected chi connectivity index (χ2v) is 5.96. The van der Waals surface area contributed by atoms with Gasteiger partial charge in [-0.2, -0.15) is 0 Å². The highest BCUT2D eigenvalue weighted by atomic mass is 35.5. The van der Waals surface area contributed by atoms with Crippen LogP contribution < -0.4 is 0 Å². The number of rotatable bonds is 3. The first-order valence-electron chi connectivity index (χ1n) is 5.53. The second kappa shape index (κ2) is 6.03. The van der Waals surface area contributed by atoms with Crippen LogP contribution in [0.25, 0.3) is 0 Å². The summed E-state index contributed by atoms with van der Waals surface area (Å²) in [5.74, 6) is -0.331. The number of hydrogen-bond donors (Lipinski definition) is 1. The van der Waals surface area contributed by atoms with E-state index in [1.807, 2.05) is 0 Å². The van der Waals surface area contributed by atoms with Gasteiger partial charge in [-0.1, -0.05) is 29.3 Å². The summed E-state index contributed by atoms with van der Waals surface area (Å²) >= 11 is 13.1. The van der Waals surface area contributed by atoms with Crippen molar-refractivity contribution in [3.63, 3.8) is 0 Å². The molecule has 1 atom stereocenters. The van der Waals surface area contributed by atoms with E-state index in [-0.39, 0.29) is 12.3 Å². The van der Waals surface area contributed by atoms with Crippen molar-refractivity contribution in [3.05, 3.63) is 33.8 Å². The molecule has 1 aromatic rings. The minimum absolute atomic E-state index is 0.126. The molecule has 1 aliphatic rings. The first-order chi connectivity index (χ1) is 8.99. The predicted molar refractivity (Wildman–Crippen MR) is 75.8 cm³/mol. The zero-order valence-electron chi connectivity index (χ0n) is 9.81. The van der Waals surface area contributed by atoms with Crippen LogP contribution in [0.15, 0.2) is 18.2 Å². The van der Waals surface area contributed by atoms with E-state index < -0.39 is 12.0 Å². The van der Waals surface area contributed by atoms with Gasteiger partial charge < -0.3 is 10.0 Å². The third-order valence-electron chi connectivity index (χ3n) is 2.83. The highest BCUT2D eigenvalue weighted by Crippen LogP contribution is 2.25. The van der Waals surface area contributed by atoms with Gasteiger partial charge in [0.2, 0.25) is 5.91 Å².